The Balaban J connectivity index is 0.920. The van der Waals surface area contributed by atoms with E-state index in [1.165, 1.54) is 55.2 Å². The molecular weight excluding hydrogens is 793 g/mol. The van der Waals surface area contributed by atoms with Gasteiger partial charge in [-0.25, -0.2) is 0 Å². The van der Waals surface area contributed by atoms with Crippen molar-refractivity contribution in [3.05, 3.63) is 206 Å². The number of nitrogens with zero attached hydrogens (tertiary/aromatic N) is 1. The molecule has 2 heterocycles. The van der Waals surface area contributed by atoms with Gasteiger partial charge in [-0.1, -0.05) is 146 Å². The van der Waals surface area contributed by atoms with Gasteiger partial charge in [-0.3, -0.25) is 0 Å². The second-order valence-corrected chi connectivity index (χ2v) is 18.2. The van der Waals surface area contributed by atoms with Crippen LogP contribution in [0.2, 0.25) is 0 Å². The molecule has 1 N–H and O–H groups in total. The Morgan fingerprint density at radius 2 is 0.892 bits per heavy atom. The van der Waals surface area contributed by atoms with Gasteiger partial charge in [-0.2, -0.15) is 0 Å². The number of furan rings is 1. The third kappa shape index (κ3) is 7.43. The van der Waals surface area contributed by atoms with Crippen LogP contribution < -0.4 is 5.46 Å². The molecule has 9 aromatic carbocycles. The van der Waals surface area contributed by atoms with Crippen molar-refractivity contribution in [2.75, 3.05) is 0 Å². The van der Waals surface area contributed by atoms with Crippen LogP contribution in [-0.2, 0) is 4.65 Å². The maximum absolute atomic E-state index is 10.9. The van der Waals surface area contributed by atoms with Crippen molar-refractivity contribution in [2.45, 2.75) is 38.9 Å². The molecule has 0 aliphatic heterocycles. The van der Waals surface area contributed by atoms with E-state index in [2.05, 4.69) is 193 Å². The van der Waals surface area contributed by atoms with Gasteiger partial charge in [0.15, 0.2) is 0 Å². The molecule has 4 nitrogen and oxygen atoms in total. The van der Waals surface area contributed by atoms with Crippen LogP contribution >= 0.6 is 0 Å². The van der Waals surface area contributed by atoms with Crippen molar-refractivity contribution in [1.82, 2.24) is 4.57 Å². The largest absolute Gasteiger partial charge is 0.457 e. The zero-order chi connectivity index (χ0) is 44.3. The van der Waals surface area contributed by atoms with Gasteiger partial charge in [0, 0.05) is 27.2 Å². The van der Waals surface area contributed by atoms with Crippen molar-refractivity contribution in [1.29, 1.82) is 0 Å². The summed E-state index contributed by atoms with van der Waals surface area (Å²) in [6.45, 7) is 7.41. The Morgan fingerprint density at radius 1 is 0.415 bits per heavy atom. The molecule has 0 radical (unpaired) electrons. The van der Waals surface area contributed by atoms with Crippen molar-refractivity contribution >= 4 is 56.7 Å². The van der Waals surface area contributed by atoms with Gasteiger partial charge in [-0.05, 0) is 149 Å². The van der Waals surface area contributed by atoms with Crippen LogP contribution in [0.25, 0.3) is 105 Å². The molecule has 2 aromatic heterocycles. The number of aliphatic hydroxyl groups is 1. The minimum absolute atomic E-state index is 0.296. The van der Waals surface area contributed by atoms with E-state index in [1.807, 2.05) is 32.0 Å². The summed E-state index contributed by atoms with van der Waals surface area (Å²) in [5.74, 6) is 0. The van der Waals surface area contributed by atoms with Crippen LogP contribution in [0.5, 0.6) is 0 Å². The summed E-state index contributed by atoms with van der Waals surface area (Å²) in [6, 6.07) is 74.1. The molecule has 0 atom stereocenters. The van der Waals surface area contributed by atoms with Gasteiger partial charge in [0.25, 0.3) is 0 Å². The predicted octanol–water partition coefficient (Wildman–Crippen LogP) is 14.6. The Hall–Kier alpha value is -7.44. The van der Waals surface area contributed by atoms with Crippen molar-refractivity contribution in [3.63, 3.8) is 0 Å². The average Bonchev–Trinajstić information content (AvgIpc) is 3.89. The van der Waals surface area contributed by atoms with E-state index in [9.17, 15) is 5.11 Å². The van der Waals surface area contributed by atoms with E-state index in [-0.39, 0.29) is 0 Å². The summed E-state index contributed by atoms with van der Waals surface area (Å²) in [5, 5.41) is 15.4. The Bertz CT molecular complexity index is 3560. The quantitative estimate of drug-likeness (QED) is 0.140. The highest BCUT2D eigenvalue weighted by atomic mass is 16.5. The lowest BCUT2D eigenvalue weighted by molar-refractivity contribution is -0.0893. The fourth-order valence-electron chi connectivity index (χ4n) is 9.11. The van der Waals surface area contributed by atoms with Gasteiger partial charge in [-0.15, -0.1) is 0 Å². The molecule has 0 aliphatic carbocycles. The van der Waals surface area contributed by atoms with E-state index in [1.54, 1.807) is 13.8 Å². The van der Waals surface area contributed by atoms with E-state index < -0.39 is 11.2 Å². The van der Waals surface area contributed by atoms with E-state index in [0.29, 0.717) is 7.48 Å². The molecule has 0 saturated heterocycles. The topological polar surface area (TPSA) is 47.5 Å². The number of aromatic nitrogens is 1. The van der Waals surface area contributed by atoms with E-state index in [4.69, 9.17) is 9.07 Å². The van der Waals surface area contributed by atoms with Gasteiger partial charge in [0.2, 0.25) is 0 Å². The van der Waals surface area contributed by atoms with E-state index in [0.717, 1.165) is 55.3 Å². The molecule has 0 spiro atoms. The monoisotopic (exact) mass is 841 g/mol. The summed E-state index contributed by atoms with van der Waals surface area (Å²) >= 11 is 0. The molecule has 11 aromatic rings. The standard InChI is InChI=1S/C60H48BNO3/c1-59(2,63)60(3,4)65-61-54-38-48(37-53-51-24-9-11-26-57(51)64-58(53)54)46-22-13-18-42(34-46)40-27-30-49(31-28-40)62-55-25-10-8-23-50(55)52-36-47(29-32-56(52)62)45-21-14-20-44(35-45)43-19-12-17-41(33-43)39-15-6-5-7-16-39/h5-38,61,63H,1-4H3. The van der Waals surface area contributed by atoms with E-state index >= 15 is 0 Å². The zero-order valence-corrected chi connectivity index (χ0v) is 37.0. The first-order chi connectivity index (χ1) is 31.6. The molecule has 0 bridgehead atoms. The lowest BCUT2D eigenvalue weighted by Gasteiger charge is -2.37. The first-order valence-electron chi connectivity index (χ1n) is 22.4. The average molecular weight is 842 g/mol. The molecule has 11 rings (SSSR count). The molecule has 0 aliphatic rings. The Labute approximate surface area is 380 Å². The first kappa shape index (κ1) is 40.3. The van der Waals surface area contributed by atoms with Crippen LogP contribution in [0.4, 0.5) is 0 Å². The fraction of sp³-hybridized carbons (Fsp3) is 0.100. The highest BCUT2D eigenvalue weighted by Crippen LogP contribution is 2.38. The summed E-state index contributed by atoms with van der Waals surface area (Å²) < 4.78 is 15.2. The number of benzene rings is 9. The molecule has 65 heavy (non-hydrogen) atoms. The SMILES string of the molecule is CC(C)(O)C(C)(C)OBc1cc(-c2cccc(-c3ccc(-n4c5ccccc5c5cc(-c6cccc(-c7cccc(-c8ccccc8)c7)c6)ccc54)cc3)c2)cc2c1oc1ccccc12. The highest BCUT2D eigenvalue weighted by molar-refractivity contribution is 6.51. The van der Waals surface area contributed by atoms with Crippen LogP contribution in [-0.4, -0.2) is 28.4 Å². The van der Waals surface area contributed by atoms with Gasteiger partial charge in [0.05, 0.1) is 22.2 Å². The molecule has 0 saturated carbocycles. The molecule has 0 unspecified atom stereocenters. The normalized spacial score (nSPS) is 12.1. The summed E-state index contributed by atoms with van der Waals surface area (Å²) in [6.07, 6.45) is 0. The number of hydrogen-bond donors (Lipinski definition) is 1. The third-order valence-electron chi connectivity index (χ3n) is 13.4. The van der Waals surface area contributed by atoms with Crippen molar-refractivity contribution in [3.8, 4) is 61.3 Å². The molecular formula is C60H48BNO3. The first-order valence-corrected chi connectivity index (χ1v) is 22.4. The number of fused-ring (bicyclic) bond motifs is 6. The van der Waals surface area contributed by atoms with Crippen LogP contribution in [0.3, 0.4) is 0 Å². The minimum Gasteiger partial charge on any atom is -0.457 e. The lowest BCUT2D eigenvalue weighted by Crippen LogP contribution is -2.49. The van der Waals surface area contributed by atoms with Crippen molar-refractivity contribution in [2.24, 2.45) is 0 Å². The van der Waals surface area contributed by atoms with Gasteiger partial charge in [0.1, 0.15) is 11.2 Å². The predicted molar refractivity (Wildman–Crippen MR) is 273 cm³/mol. The smallest absolute Gasteiger partial charge is 0.313 e. The van der Waals surface area contributed by atoms with Crippen LogP contribution in [0.15, 0.2) is 211 Å². The second kappa shape index (κ2) is 16.0. The minimum atomic E-state index is -1.03. The molecule has 5 heteroatoms. The van der Waals surface area contributed by atoms with Crippen LogP contribution in [0, 0.1) is 0 Å². The highest BCUT2D eigenvalue weighted by Gasteiger charge is 2.36. The maximum Gasteiger partial charge on any atom is 0.313 e. The summed E-state index contributed by atoms with van der Waals surface area (Å²) in [7, 11) is 0.296. The lowest BCUT2D eigenvalue weighted by atomic mass is 9.80. The van der Waals surface area contributed by atoms with Crippen LogP contribution in [0.1, 0.15) is 27.7 Å². The Kier molecular flexibility index (Phi) is 9.91. The van der Waals surface area contributed by atoms with Crippen molar-refractivity contribution < 1.29 is 14.2 Å². The molecule has 314 valence electrons. The summed E-state index contributed by atoms with van der Waals surface area (Å²) in [4.78, 5) is 0. The summed E-state index contributed by atoms with van der Waals surface area (Å²) in [5.41, 5.74) is 15.9. The fourth-order valence-corrected chi connectivity index (χ4v) is 9.11. The second-order valence-electron chi connectivity index (χ2n) is 18.2. The maximum atomic E-state index is 10.9. The molecule has 0 fully saturated rings. The third-order valence-corrected chi connectivity index (χ3v) is 13.4. The zero-order valence-electron chi connectivity index (χ0n) is 37.0. The number of rotatable bonds is 10. The van der Waals surface area contributed by atoms with Gasteiger partial charge < -0.3 is 18.7 Å². The van der Waals surface area contributed by atoms with Gasteiger partial charge >= 0.3 is 7.48 Å². The number of para-hydroxylation sites is 2. The number of hydrogen-bond acceptors (Lipinski definition) is 3. The Morgan fingerprint density at radius 3 is 1.54 bits per heavy atom. The molecule has 0 amide bonds.